The van der Waals surface area contributed by atoms with Crippen LogP contribution in [0.3, 0.4) is 0 Å². The van der Waals surface area contributed by atoms with Crippen LogP contribution in [0.15, 0.2) is 54.6 Å². The number of esters is 1. The summed E-state index contributed by atoms with van der Waals surface area (Å²) >= 11 is 0. The van der Waals surface area contributed by atoms with Crippen molar-refractivity contribution in [2.24, 2.45) is 0 Å². The second-order valence-corrected chi connectivity index (χ2v) is 6.86. The first-order valence-electron chi connectivity index (χ1n) is 9.46. The second-order valence-electron chi connectivity index (χ2n) is 6.86. The quantitative estimate of drug-likeness (QED) is 0.672. The van der Waals surface area contributed by atoms with Crippen LogP contribution < -0.4 is 9.64 Å². The predicted octanol–water partition coefficient (Wildman–Crippen LogP) is 2.39. The third kappa shape index (κ3) is 5.13. The van der Waals surface area contributed by atoms with Gasteiger partial charge in [-0.05, 0) is 24.6 Å². The second kappa shape index (κ2) is 9.23. The Morgan fingerprint density at radius 1 is 1.14 bits per heavy atom. The van der Waals surface area contributed by atoms with Crippen LogP contribution in [-0.4, -0.2) is 49.0 Å². The first-order chi connectivity index (χ1) is 14.0. The van der Waals surface area contributed by atoms with Crippen LogP contribution in [0.4, 0.5) is 5.69 Å². The van der Waals surface area contributed by atoms with E-state index in [1.54, 1.807) is 32.2 Å². The Hall–Kier alpha value is -3.35. The Kier molecular flexibility index (Phi) is 6.49. The molecule has 0 radical (unpaired) electrons. The number of anilines is 1. The Morgan fingerprint density at radius 2 is 1.83 bits per heavy atom. The highest BCUT2D eigenvalue weighted by Crippen LogP contribution is 2.31. The number of para-hydroxylation sites is 2. The van der Waals surface area contributed by atoms with Crippen molar-refractivity contribution in [3.05, 3.63) is 60.2 Å². The predicted molar refractivity (Wildman–Crippen MR) is 107 cm³/mol. The van der Waals surface area contributed by atoms with Gasteiger partial charge in [0, 0.05) is 20.1 Å². The molecule has 1 atom stereocenters. The summed E-state index contributed by atoms with van der Waals surface area (Å²) in [5.74, 6) is -0.430. The van der Waals surface area contributed by atoms with Gasteiger partial charge in [0.15, 0.2) is 12.7 Å². The van der Waals surface area contributed by atoms with Crippen LogP contribution in [0.1, 0.15) is 18.9 Å². The smallest absolute Gasteiger partial charge is 0.308 e. The van der Waals surface area contributed by atoms with Gasteiger partial charge in [0.1, 0.15) is 5.75 Å². The molecule has 1 heterocycles. The van der Waals surface area contributed by atoms with Crippen LogP contribution in [-0.2, 0) is 25.7 Å². The SMILES string of the molecule is C[C@H](OC(=O)CCN1C(=O)COc2ccccc21)C(=O)N(C)Cc1ccccc1. The lowest BCUT2D eigenvalue weighted by molar-refractivity contribution is -0.158. The lowest BCUT2D eigenvalue weighted by Gasteiger charge is -2.29. The van der Waals surface area contributed by atoms with E-state index in [4.69, 9.17) is 9.47 Å². The van der Waals surface area contributed by atoms with Crippen molar-refractivity contribution in [1.82, 2.24) is 4.90 Å². The molecule has 0 bridgehead atoms. The van der Waals surface area contributed by atoms with Gasteiger partial charge >= 0.3 is 5.97 Å². The summed E-state index contributed by atoms with van der Waals surface area (Å²) in [5.41, 5.74) is 1.62. The van der Waals surface area contributed by atoms with E-state index in [1.165, 1.54) is 9.80 Å². The maximum Gasteiger partial charge on any atom is 0.308 e. The van der Waals surface area contributed by atoms with Crippen LogP contribution >= 0.6 is 0 Å². The van der Waals surface area contributed by atoms with E-state index in [2.05, 4.69) is 0 Å². The van der Waals surface area contributed by atoms with Gasteiger partial charge in [-0.25, -0.2) is 0 Å². The van der Waals surface area contributed by atoms with Crippen molar-refractivity contribution < 1.29 is 23.9 Å². The number of likely N-dealkylation sites (N-methyl/N-ethyl adjacent to an activating group) is 1. The van der Waals surface area contributed by atoms with Gasteiger partial charge in [-0.15, -0.1) is 0 Å². The third-order valence-electron chi connectivity index (χ3n) is 4.64. The van der Waals surface area contributed by atoms with Crippen molar-refractivity contribution in [2.75, 3.05) is 25.1 Å². The van der Waals surface area contributed by atoms with Gasteiger partial charge in [-0.2, -0.15) is 0 Å². The van der Waals surface area contributed by atoms with E-state index < -0.39 is 12.1 Å². The average molecular weight is 396 g/mol. The summed E-state index contributed by atoms with van der Waals surface area (Å²) in [5, 5.41) is 0. The number of rotatable bonds is 7. The fraction of sp³-hybridized carbons (Fsp3) is 0.318. The molecule has 3 rings (SSSR count). The van der Waals surface area contributed by atoms with E-state index in [-0.39, 0.29) is 31.4 Å². The van der Waals surface area contributed by atoms with Gasteiger partial charge < -0.3 is 19.3 Å². The molecule has 0 spiro atoms. The van der Waals surface area contributed by atoms with Crippen molar-refractivity contribution in [2.45, 2.75) is 26.0 Å². The Morgan fingerprint density at radius 3 is 2.59 bits per heavy atom. The topological polar surface area (TPSA) is 76.1 Å². The standard InChI is InChI=1S/C22H24N2O5/c1-16(22(27)23(2)14-17-8-4-3-5-9-17)29-21(26)12-13-24-18-10-6-7-11-19(18)28-15-20(24)25/h3-11,16H,12-15H2,1-2H3/t16-/m0/s1. The molecule has 0 fully saturated rings. The molecule has 0 saturated heterocycles. The molecule has 2 aromatic rings. The van der Waals surface area contributed by atoms with Crippen LogP contribution in [0, 0.1) is 0 Å². The van der Waals surface area contributed by atoms with Crippen molar-refractivity contribution in [1.29, 1.82) is 0 Å². The Bertz CT molecular complexity index is 884. The Labute approximate surface area is 169 Å². The minimum Gasteiger partial charge on any atom is -0.482 e. The summed E-state index contributed by atoms with van der Waals surface area (Å²) in [6, 6.07) is 16.7. The molecule has 2 aromatic carbocycles. The minimum absolute atomic E-state index is 0.0138. The van der Waals surface area contributed by atoms with E-state index in [1.807, 2.05) is 36.4 Å². The number of hydrogen-bond donors (Lipinski definition) is 0. The molecule has 152 valence electrons. The average Bonchev–Trinajstić information content (AvgIpc) is 2.73. The summed E-state index contributed by atoms with van der Waals surface area (Å²) in [7, 11) is 1.67. The molecule has 7 nitrogen and oxygen atoms in total. The molecule has 0 unspecified atom stereocenters. The lowest BCUT2D eigenvalue weighted by Crippen LogP contribution is -2.41. The van der Waals surface area contributed by atoms with Crippen LogP contribution in [0.25, 0.3) is 0 Å². The molecule has 1 aliphatic rings. The van der Waals surface area contributed by atoms with Gasteiger partial charge in [-0.3, -0.25) is 14.4 Å². The highest BCUT2D eigenvalue weighted by Gasteiger charge is 2.27. The molecule has 0 aromatic heterocycles. The van der Waals surface area contributed by atoms with E-state index in [9.17, 15) is 14.4 Å². The highest BCUT2D eigenvalue weighted by atomic mass is 16.5. The zero-order chi connectivity index (χ0) is 20.8. The number of nitrogens with zero attached hydrogens (tertiary/aromatic N) is 2. The van der Waals surface area contributed by atoms with Gasteiger partial charge in [0.25, 0.3) is 11.8 Å². The number of fused-ring (bicyclic) bond motifs is 1. The van der Waals surface area contributed by atoms with Gasteiger partial charge in [-0.1, -0.05) is 42.5 Å². The van der Waals surface area contributed by atoms with E-state index in [0.29, 0.717) is 18.0 Å². The number of ether oxygens (including phenoxy) is 2. The maximum atomic E-state index is 12.5. The zero-order valence-corrected chi connectivity index (χ0v) is 16.5. The molecule has 2 amide bonds. The fourth-order valence-electron chi connectivity index (χ4n) is 3.15. The summed E-state index contributed by atoms with van der Waals surface area (Å²) in [6.07, 6.45) is -0.913. The van der Waals surface area contributed by atoms with Gasteiger partial charge in [0.2, 0.25) is 0 Å². The third-order valence-corrected chi connectivity index (χ3v) is 4.64. The maximum absolute atomic E-state index is 12.5. The van der Waals surface area contributed by atoms with Crippen molar-refractivity contribution in [3.63, 3.8) is 0 Å². The number of hydrogen-bond acceptors (Lipinski definition) is 5. The molecule has 0 N–H and O–H groups in total. The summed E-state index contributed by atoms with van der Waals surface area (Å²) in [6.45, 7) is 2.08. The van der Waals surface area contributed by atoms with E-state index in [0.717, 1.165) is 5.56 Å². The monoisotopic (exact) mass is 396 g/mol. The number of benzene rings is 2. The molecular weight excluding hydrogens is 372 g/mol. The van der Waals surface area contributed by atoms with Crippen molar-refractivity contribution in [3.8, 4) is 5.75 Å². The number of carbonyl (C=O) groups is 3. The van der Waals surface area contributed by atoms with Crippen LogP contribution in [0.5, 0.6) is 5.75 Å². The summed E-state index contributed by atoms with van der Waals surface area (Å²) < 4.78 is 10.7. The zero-order valence-electron chi connectivity index (χ0n) is 16.5. The highest BCUT2D eigenvalue weighted by molar-refractivity contribution is 5.98. The first kappa shape index (κ1) is 20.4. The fourth-order valence-corrected chi connectivity index (χ4v) is 3.15. The normalized spacial score (nSPS) is 13.9. The number of amides is 2. The van der Waals surface area contributed by atoms with Crippen LogP contribution in [0.2, 0.25) is 0 Å². The first-order valence-corrected chi connectivity index (χ1v) is 9.46. The molecule has 1 aliphatic heterocycles. The lowest BCUT2D eigenvalue weighted by atomic mass is 10.2. The molecule has 29 heavy (non-hydrogen) atoms. The number of carbonyl (C=O) groups excluding carboxylic acids is 3. The Balaban J connectivity index is 1.51. The molecule has 7 heteroatoms. The van der Waals surface area contributed by atoms with Crippen molar-refractivity contribution >= 4 is 23.5 Å². The van der Waals surface area contributed by atoms with Gasteiger partial charge in [0.05, 0.1) is 12.1 Å². The van der Waals surface area contributed by atoms with E-state index >= 15 is 0 Å². The molecule has 0 aliphatic carbocycles. The molecule has 0 saturated carbocycles. The minimum atomic E-state index is -0.899. The summed E-state index contributed by atoms with van der Waals surface area (Å²) in [4.78, 5) is 39.9. The molecular formula is C22H24N2O5. The largest absolute Gasteiger partial charge is 0.482 e.